The minimum atomic E-state index is -0.166. The summed E-state index contributed by atoms with van der Waals surface area (Å²) in [6.07, 6.45) is 3.29. The maximum Gasteiger partial charge on any atom is 0.254 e. The Balaban J connectivity index is 1.68. The van der Waals surface area contributed by atoms with E-state index in [2.05, 4.69) is 29.7 Å². The van der Waals surface area contributed by atoms with Gasteiger partial charge in [0.05, 0.1) is 11.8 Å². The molecule has 1 saturated heterocycles. The number of furan rings is 1. The molecule has 2 heterocycles. The van der Waals surface area contributed by atoms with Crippen LogP contribution in [0.25, 0.3) is 0 Å². The number of ether oxygens (including phenoxy) is 1. The molecule has 2 aromatic rings. The van der Waals surface area contributed by atoms with Crippen molar-refractivity contribution in [1.29, 1.82) is 0 Å². The number of hydrogen-bond donors (Lipinski definition) is 2. The quantitative estimate of drug-likeness (QED) is 0.846. The summed E-state index contributed by atoms with van der Waals surface area (Å²) in [5.74, 6) is 0.551. The zero-order valence-corrected chi connectivity index (χ0v) is 14.9. The van der Waals surface area contributed by atoms with Crippen LogP contribution in [0, 0.1) is 6.92 Å². The van der Waals surface area contributed by atoms with Crippen LogP contribution in [0.5, 0.6) is 0 Å². The monoisotopic (exact) mass is 342 g/mol. The summed E-state index contributed by atoms with van der Waals surface area (Å²) >= 11 is 0. The summed E-state index contributed by atoms with van der Waals surface area (Å²) in [6, 6.07) is 12.3. The third-order valence-electron chi connectivity index (χ3n) is 4.96. The summed E-state index contributed by atoms with van der Waals surface area (Å²) in [4.78, 5) is 12.4. The summed E-state index contributed by atoms with van der Waals surface area (Å²) in [5, 5.41) is 6.82. The van der Waals surface area contributed by atoms with E-state index in [0.717, 1.165) is 12.8 Å². The van der Waals surface area contributed by atoms with E-state index in [9.17, 15) is 4.79 Å². The van der Waals surface area contributed by atoms with Gasteiger partial charge in [0.25, 0.3) is 5.91 Å². The fourth-order valence-electron chi connectivity index (χ4n) is 3.38. The molecule has 134 valence electrons. The SMILES string of the molecule is Cc1occc1C(=O)NCC1(N[C@H](C)c2ccccc2)CCOCC1. The van der Waals surface area contributed by atoms with Crippen LogP contribution in [0.1, 0.15) is 47.5 Å². The van der Waals surface area contributed by atoms with E-state index in [-0.39, 0.29) is 17.5 Å². The second-order valence-electron chi connectivity index (χ2n) is 6.74. The molecule has 5 heteroatoms. The second kappa shape index (κ2) is 7.85. The highest BCUT2D eigenvalue weighted by molar-refractivity contribution is 5.95. The molecular formula is C20H26N2O3. The third kappa shape index (κ3) is 4.30. The van der Waals surface area contributed by atoms with Crippen LogP contribution in [0.2, 0.25) is 0 Å². The van der Waals surface area contributed by atoms with Crippen molar-refractivity contribution in [1.82, 2.24) is 10.6 Å². The molecular weight excluding hydrogens is 316 g/mol. The second-order valence-corrected chi connectivity index (χ2v) is 6.74. The Labute approximate surface area is 148 Å². The Morgan fingerprint density at radius 2 is 1.92 bits per heavy atom. The van der Waals surface area contributed by atoms with Gasteiger partial charge in [-0.15, -0.1) is 0 Å². The van der Waals surface area contributed by atoms with E-state index in [1.807, 2.05) is 18.2 Å². The molecule has 0 spiro atoms. The fourth-order valence-corrected chi connectivity index (χ4v) is 3.38. The predicted octanol–water partition coefficient (Wildman–Crippen LogP) is 3.22. The molecule has 1 aliphatic heterocycles. The van der Waals surface area contributed by atoms with Crippen molar-refractivity contribution in [2.45, 2.75) is 38.3 Å². The van der Waals surface area contributed by atoms with E-state index < -0.39 is 0 Å². The molecule has 25 heavy (non-hydrogen) atoms. The standard InChI is InChI=1S/C20H26N2O3/c1-15(17-6-4-3-5-7-17)22-20(9-12-24-13-10-20)14-21-19(23)18-8-11-25-16(18)2/h3-8,11,15,22H,9-10,12-14H2,1-2H3,(H,21,23)/t15-/m1/s1. The van der Waals surface area contributed by atoms with Gasteiger partial charge in [0, 0.05) is 31.3 Å². The van der Waals surface area contributed by atoms with Gasteiger partial charge in [-0.05, 0) is 38.3 Å². The Kier molecular flexibility index (Phi) is 5.56. The van der Waals surface area contributed by atoms with E-state index in [1.165, 1.54) is 5.56 Å². The molecule has 1 aromatic heterocycles. The van der Waals surface area contributed by atoms with Crippen molar-refractivity contribution in [3.63, 3.8) is 0 Å². The van der Waals surface area contributed by atoms with E-state index >= 15 is 0 Å². The molecule has 0 aliphatic carbocycles. The topological polar surface area (TPSA) is 63.5 Å². The van der Waals surface area contributed by atoms with Crippen LogP contribution in [-0.4, -0.2) is 31.2 Å². The lowest BCUT2D eigenvalue weighted by molar-refractivity contribution is 0.0332. The molecule has 1 fully saturated rings. The summed E-state index contributed by atoms with van der Waals surface area (Å²) in [7, 11) is 0. The van der Waals surface area contributed by atoms with Gasteiger partial charge in [0.2, 0.25) is 0 Å². The molecule has 0 radical (unpaired) electrons. The van der Waals surface area contributed by atoms with Crippen LogP contribution in [0.3, 0.4) is 0 Å². The Morgan fingerprint density at radius 3 is 2.56 bits per heavy atom. The molecule has 5 nitrogen and oxygen atoms in total. The first kappa shape index (κ1) is 17.7. The average Bonchev–Trinajstić information content (AvgIpc) is 3.07. The van der Waals surface area contributed by atoms with Gasteiger partial charge in [-0.2, -0.15) is 0 Å². The number of carbonyl (C=O) groups is 1. The van der Waals surface area contributed by atoms with Gasteiger partial charge in [-0.1, -0.05) is 30.3 Å². The average molecular weight is 342 g/mol. The van der Waals surface area contributed by atoms with Crippen LogP contribution in [0.15, 0.2) is 47.1 Å². The number of amides is 1. The zero-order chi connectivity index (χ0) is 17.7. The van der Waals surface area contributed by atoms with Crippen molar-refractivity contribution in [2.24, 2.45) is 0 Å². The van der Waals surface area contributed by atoms with Crippen molar-refractivity contribution in [3.8, 4) is 0 Å². The first-order valence-corrected chi connectivity index (χ1v) is 8.82. The Hall–Kier alpha value is -2.11. The molecule has 0 saturated carbocycles. The van der Waals surface area contributed by atoms with Gasteiger partial charge < -0.3 is 19.8 Å². The lowest BCUT2D eigenvalue weighted by Gasteiger charge is -2.40. The van der Waals surface area contributed by atoms with E-state index in [0.29, 0.717) is 31.1 Å². The Bertz CT molecular complexity index is 690. The molecule has 0 bridgehead atoms. The minimum absolute atomic E-state index is 0.0914. The normalized spacial score (nSPS) is 17.8. The lowest BCUT2D eigenvalue weighted by atomic mass is 9.88. The zero-order valence-electron chi connectivity index (χ0n) is 14.9. The fraction of sp³-hybridized carbons (Fsp3) is 0.450. The first-order chi connectivity index (χ1) is 12.1. The minimum Gasteiger partial charge on any atom is -0.469 e. The summed E-state index contributed by atoms with van der Waals surface area (Å²) in [5.41, 5.74) is 1.67. The van der Waals surface area contributed by atoms with Gasteiger partial charge in [-0.3, -0.25) is 4.79 Å². The summed E-state index contributed by atoms with van der Waals surface area (Å²) in [6.45, 7) is 5.94. The van der Waals surface area contributed by atoms with E-state index in [4.69, 9.17) is 9.15 Å². The highest BCUT2D eigenvalue weighted by atomic mass is 16.5. The largest absolute Gasteiger partial charge is 0.469 e. The maximum absolute atomic E-state index is 12.4. The van der Waals surface area contributed by atoms with Crippen molar-refractivity contribution in [3.05, 3.63) is 59.5 Å². The molecule has 1 atom stereocenters. The number of rotatable bonds is 6. The molecule has 0 unspecified atom stereocenters. The number of carbonyl (C=O) groups excluding carboxylic acids is 1. The van der Waals surface area contributed by atoms with Crippen LogP contribution in [-0.2, 0) is 4.74 Å². The van der Waals surface area contributed by atoms with Crippen molar-refractivity contribution >= 4 is 5.91 Å². The molecule has 1 aromatic carbocycles. The molecule has 3 rings (SSSR count). The highest BCUT2D eigenvalue weighted by Crippen LogP contribution is 2.25. The molecule has 1 aliphatic rings. The maximum atomic E-state index is 12.4. The predicted molar refractivity (Wildman–Crippen MR) is 96.6 cm³/mol. The van der Waals surface area contributed by atoms with Crippen LogP contribution < -0.4 is 10.6 Å². The van der Waals surface area contributed by atoms with Crippen molar-refractivity contribution < 1.29 is 13.9 Å². The number of aryl methyl sites for hydroxylation is 1. The molecule has 1 amide bonds. The van der Waals surface area contributed by atoms with Gasteiger partial charge >= 0.3 is 0 Å². The first-order valence-electron chi connectivity index (χ1n) is 8.82. The molecule has 2 N–H and O–H groups in total. The summed E-state index contributed by atoms with van der Waals surface area (Å²) < 4.78 is 10.8. The number of benzene rings is 1. The number of nitrogens with one attached hydrogen (secondary N) is 2. The highest BCUT2D eigenvalue weighted by Gasteiger charge is 2.34. The van der Waals surface area contributed by atoms with Crippen LogP contribution in [0.4, 0.5) is 0 Å². The van der Waals surface area contributed by atoms with Gasteiger partial charge in [0.1, 0.15) is 5.76 Å². The van der Waals surface area contributed by atoms with E-state index in [1.54, 1.807) is 19.3 Å². The van der Waals surface area contributed by atoms with Gasteiger partial charge in [-0.25, -0.2) is 0 Å². The Morgan fingerprint density at radius 1 is 1.20 bits per heavy atom. The smallest absolute Gasteiger partial charge is 0.254 e. The lowest BCUT2D eigenvalue weighted by Crippen LogP contribution is -2.57. The van der Waals surface area contributed by atoms with Crippen molar-refractivity contribution in [2.75, 3.05) is 19.8 Å². The van der Waals surface area contributed by atoms with Gasteiger partial charge in [0.15, 0.2) is 0 Å². The third-order valence-corrected chi connectivity index (χ3v) is 4.96. The number of hydrogen-bond acceptors (Lipinski definition) is 4. The van der Waals surface area contributed by atoms with Crippen LogP contribution >= 0.6 is 0 Å².